The summed E-state index contributed by atoms with van der Waals surface area (Å²) in [6, 6.07) is 3.60. The van der Waals surface area contributed by atoms with E-state index < -0.39 is 0 Å². The number of hydrogen-bond acceptors (Lipinski definition) is 5. The zero-order valence-electron chi connectivity index (χ0n) is 12.7. The third-order valence-corrected chi connectivity index (χ3v) is 3.14. The maximum atomic E-state index is 12.6. The second-order valence-corrected chi connectivity index (χ2v) is 4.83. The zero-order valence-corrected chi connectivity index (χ0v) is 12.7. The van der Waals surface area contributed by atoms with Gasteiger partial charge >= 0.3 is 0 Å². The highest BCUT2D eigenvalue weighted by Gasteiger charge is 2.17. The highest BCUT2D eigenvalue weighted by Crippen LogP contribution is 2.10. The zero-order chi connectivity index (χ0) is 15.2. The summed E-state index contributed by atoms with van der Waals surface area (Å²) >= 11 is 0. The quantitative estimate of drug-likeness (QED) is 0.816. The number of pyridine rings is 1. The molecule has 6 nitrogen and oxygen atoms in total. The van der Waals surface area contributed by atoms with Crippen molar-refractivity contribution in [2.75, 3.05) is 6.54 Å². The summed E-state index contributed by atoms with van der Waals surface area (Å²) in [6.45, 7) is 6.68. The lowest BCUT2D eigenvalue weighted by Crippen LogP contribution is -2.30. The Kier molecular flexibility index (Phi) is 5.03. The van der Waals surface area contributed by atoms with Crippen molar-refractivity contribution < 1.29 is 9.32 Å². The molecular weight excluding hydrogens is 268 g/mol. The van der Waals surface area contributed by atoms with E-state index in [4.69, 9.17) is 4.52 Å². The Hall–Kier alpha value is -2.24. The number of hydrogen-bond donors (Lipinski definition) is 0. The monoisotopic (exact) mass is 288 g/mol. The minimum absolute atomic E-state index is 0.0419. The molecule has 0 aliphatic rings. The van der Waals surface area contributed by atoms with Crippen molar-refractivity contribution >= 4 is 5.91 Å². The Labute approximate surface area is 124 Å². The average molecular weight is 288 g/mol. The Balaban J connectivity index is 2.13. The van der Waals surface area contributed by atoms with E-state index >= 15 is 0 Å². The molecule has 0 spiro atoms. The Morgan fingerprint density at radius 1 is 1.38 bits per heavy atom. The van der Waals surface area contributed by atoms with Crippen LogP contribution in [0.1, 0.15) is 48.0 Å². The molecular formula is C15H20N4O2. The normalized spacial score (nSPS) is 10.6. The van der Waals surface area contributed by atoms with E-state index in [9.17, 15) is 4.79 Å². The van der Waals surface area contributed by atoms with Gasteiger partial charge in [-0.05, 0) is 25.5 Å². The molecule has 0 radical (unpaired) electrons. The molecule has 0 aliphatic carbocycles. The summed E-state index contributed by atoms with van der Waals surface area (Å²) in [5.41, 5.74) is 1.59. The lowest BCUT2D eigenvalue weighted by atomic mass is 10.1. The van der Waals surface area contributed by atoms with Gasteiger partial charge in [0, 0.05) is 30.9 Å². The summed E-state index contributed by atoms with van der Waals surface area (Å²) in [6.07, 6.45) is 3.56. The first-order valence-electron chi connectivity index (χ1n) is 7.17. The molecule has 1 amide bonds. The largest absolute Gasteiger partial charge is 0.340 e. The topological polar surface area (TPSA) is 72.1 Å². The number of carbonyl (C=O) groups excluding carboxylic acids is 1. The van der Waals surface area contributed by atoms with Crippen LogP contribution in [-0.4, -0.2) is 32.5 Å². The maximum absolute atomic E-state index is 12.6. The average Bonchev–Trinajstić information content (AvgIpc) is 2.90. The Morgan fingerprint density at radius 3 is 2.81 bits per heavy atom. The highest BCUT2D eigenvalue weighted by atomic mass is 16.5. The van der Waals surface area contributed by atoms with Gasteiger partial charge in [0.15, 0.2) is 5.82 Å². The molecule has 2 heterocycles. The highest BCUT2D eigenvalue weighted by molar-refractivity contribution is 5.94. The van der Waals surface area contributed by atoms with Crippen LogP contribution in [-0.2, 0) is 13.0 Å². The van der Waals surface area contributed by atoms with Crippen LogP contribution in [0.5, 0.6) is 0 Å². The van der Waals surface area contributed by atoms with Gasteiger partial charge in [0.1, 0.15) is 0 Å². The van der Waals surface area contributed by atoms with Crippen LogP contribution in [0.2, 0.25) is 0 Å². The van der Waals surface area contributed by atoms with E-state index in [0.29, 0.717) is 30.4 Å². The predicted molar refractivity (Wildman–Crippen MR) is 77.7 cm³/mol. The van der Waals surface area contributed by atoms with Crippen LogP contribution in [0.25, 0.3) is 0 Å². The lowest BCUT2D eigenvalue weighted by molar-refractivity contribution is 0.0747. The first-order valence-corrected chi connectivity index (χ1v) is 7.17. The second kappa shape index (κ2) is 6.97. The van der Waals surface area contributed by atoms with E-state index in [2.05, 4.69) is 22.0 Å². The Morgan fingerprint density at radius 2 is 2.19 bits per heavy atom. The van der Waals surface area contributed by atoms with E-state index in [0.717, 1.165) is 18.5 Å². The molecule has 21 heavy (non-hydrogen) atoms. The van der Waals surface area contributed by atoms with E-state index in [-0.39, 0.29) is 5.91 Å². The molecule has 2 aromatic heterocycles. The minimum Gasteiger partial charge on any atom is -0.340 e. The molecule has 112 valence electrons. The standard InChI is InChI=1S/C15H20N4O2/c1-4-6-13-9-12(7-8-16-13)15(20)19(5-2)10-14-17-11(3)21-18-14/h7-9H,4-6,10H2,1-3H3. The number of aromatic nitrogens is 3. The number of amides is 1. The van der Waals surface area contributed by atoms with Crippen molar-refractivity contribution in [3.05, 3.63) is 41.3 Å². The molecule has 6 heteroatoms. The first kappa shape index (κ1) is 15.2. The lowest BCUT2D eigenvalue weighted by Gasteiger charge is -2.19. The van der Waals surface area contributed by atoms with Crippen LogP contribution < -0.4 is 0 Å². The summed E-state index contributed by atoms with van der Waals surface area (Å²) in [5, 5.41) is 3.83. The van der Waals surface area contributed by atoms with Crippen molar-refractivity contribution in [3.8, 4) is 0 Å². The van der Waals surface area contributed by atoms with Crippen molar-refractivity contribution in [1.82, 2.24) is 20.0 Å². The molecule has 0 saturated carbocycles. The van der Waals surface area contributed by atoms with Crippen molar-refractivity contribution in [3.63, 3.8) is 0 Å². The van der Waals surface area contributed by atoms with Gasteiger partial charge in [-0.25, -0.2) is 0 Å². The van der Waals surface area contributed by atoms with Crippen molar-refractivity contribution in [1.29, 1.82) is 0 Å². The third-order valence-electron chi connectivity index (χ3n) is 3.14. The molecule has 0 aliphatic heterocycles. The summed E-state index contributed by atoms with van der Waals surface area (Å²) in [4.78, 5) is 22.7. The third kappa shape index (κ3) is 3.87. The summed E-state index contributed by atoms with van der Waals surface area (Å²) in [7, 11) is 0. The molecule has 0 fully saturated rings. The molecule has 0 N–H and O–H groups in total. The van der Waals surface area contributed by atoms with Gasteiger partial charge in [-0.2, -0.15) is 4.98 Å². The van der Waals surface area contributed by atoms with E-state index in [1.165, 1.54) is 0 Å². The van der Waals surface area contributed by atoms with E-state index in [1.54, 1.807) is 24.1 Å². The van der Waals surface area contributed by atoms with Gasteiger partial charge in [-0.1, -0.05) is 18.5 Å². The molecule has 0 unspecified atom stereocenters. The summed E-state index contributed by atoms with van der Waals surface area (Å²) in [5.74, 6) is 0.980. The van der Waals surface area contributed by atoms with Gasteiger partial charge in [0.25, 0.3) is 5.91 Å². The predicted octanol–water partition coefficient (Wildman–Crippen LogP) is 2.39. The number of rotatable bonds is 6. The smallest absolute Gasteiger partial charge is 0.254 e. The van der Waals surface area contributed by atoms with Crippen LogP contribution in [0.15, 0.2) is 22.9 Å². The second-order valence-electron chi connectivity index (χ2n) is 4.83. The SMILES string of the molecule is CCCc1cc(C(=O)N(CC)Cc2noc(C)n2)ccn1. The van der Waals surface area contributed by atoms with Crippen LogP contribution in [0.4, 0.5) is 0 Å². The first-order chi connectivity index (χ1) is 10.1. The number of carbonyl (C=O) groups is 1. The number of aryl methyl sites for hydroxylation is 2. The van der Waals surface area contributed by atoms with Crippen molar-refractivity contribution in [2.45, 2.75) is 40.2 Å². The molecule has 2 rings (SSSR count). The number of nitrogens with zero attached hydrogens (tertiary/aromatic N) is 4. The molecule has 0 saturated heterocycles. The van der Waals surface area contributed by atoms with Crippen molar-refractivity contribution in [2.24, 2.45) is 0 Å². The molecule has 0 aromatic carbocycles. The molecule has 2 aromatic rings. The van der Waals surface area contributed by atoms with Gasteiger partial charge in [0.2, 0.25) is 5.89 Å². The molecule has 0 bridgehead atoms. The fraction of sp³-hybridized carbons (Fsp3) is 0.467. The fourth-order valence-corrected chi connectivity index (χ4v) is 2.09. The van der Waals surface area contributed by atoms with E-state index in [1.807, 2.05) is 13.0 Å². The van der Waals surface area contributed by atoms with Crippen LogP contribution in [0.3, 0.4) is 0 Å². The van der Waals surface area contributed by atoms with Gasteiger partial charge in [0.05, 0.1) is 6.54 Å². The Bertz CT molecular complexity index is 609. The van der Waals surface area contributed by atoms with Crippen LogP contribution >= 0.6 is 0 Å². The van der Waals surface area contributed by atoms with Gasteiger partial charge in [-0.15, -0.1) is 0 Å². The fourth-order valence-electron chi connectivity index (χ4n) is 2.09. The van der Waals surface area contributed by atoms with Crippen LogP contribution in [0, 0.1) is 6.92 Å². The van der Waals surface area contributed by atoms with Gasteiger partial charge < -0.3 is 9.42 Å². The van der Waals surface area contributed by atoms with Gasteiger partial charge in [-0.3, -0.25) is 9.78 Å². The maximum Gasteiger partial charge on any atom is 0.254 e. The molecule has 0 atom stereocenters. The minimum atomic E-state index is -0.0419. The summed E-state index contributed by atoms with van der Waals surface area (Å²) < 4.78 is 4.94.